The van der Waals surface area contributed by atoms with Gasteiger partial charge >= 0.3 is 0 Å². The highest BCUT2D eigenvalue weighted by atomic mass is 16.3. The second-order valence-corrected chi connectivity index (χ2v) is 3.80. The molecule has 1 rings (SSSR count). The average Bonchev–Trinajstić information content (AvgIpc) is 2.16. The molecule has 1 N–H and O–H groups in total. The quantitative estimate of drug-likeness (QED) is 0.799. The Morgan fingerprint density at radius 1 is 1.36 bits per heavy atom. The van der Waals surface area contributed by atoms with Crippen molar-refractivity contribution in [1.82, 2.24) is 4.98 Å². The minimum absolute atomic E-state index is 0.377. The van der Waals surface area contributed by atoms with Crippen LogP contribution in [0.2, 0.25) is 0 Å². The van der Waals surface area contributed by atoms with Crippen LogP contribution in [-0.2, 0) is 0 Å². The number of aromatic nitrogens is 1. The third-order valence-corrected chi connectivity index (χ3v) is 2.38. The monoisotopic (exact) mass is 194 g/mol. The summed E-state index contributed by atoms with van der Waals surface area (Å²) in [4.78, 5) is 6.34. The van der Waals surface area contributed by atoms with Crippen molar-refractivity contribution in [3.63, 3.8) is 0 Å². The van der Waals surface area contributed by atoms with Gasteiger partial charge in [0, 0.05) is 24.8 Å². The normalized spacial score (nSPS) is 13.0. The minimum atomic E-state index is -0.472. The molecule has 78 valence electrons. The SMILES string of the molecule is CC(O)c1cccnc1N(C)C(C)C. The molecule has 0 aliphatic carbocycles. The molecule has 0 radical (unpaired) electrons. The summed E-state index contributed by atoms with van der Waals surface area (Å²) in [7, 11) is 1.98. The Hall–Kier alpha value is -1.09. The van der Waals surface area contributed by atoms with Crippen LogP contribution < -0.4 is 4.90 Å². The van der Waals surface area contributed by atoms with Gasteiger partial charge in [0.15, 0.2) is 0 Å². The van der Waals surface area contributed by atoms with Gasteiger partial charge in [-0.1, -0.05) is 6.07 Å². The van der Waals surface area contributed by atoms with Crippen LogP contribution in [0.15, 0.2) is 18.3 Å². The zero-order chi connectivity index (χ0) is 10.7. The number of pyridine rings is 1. The van der Waals surface area contributed by atoms with E-state index in [0.717, 1.165) is 11.4 Å². The molecular formula is C11H18N2O. The molecule has 0 saturated heterocycles. The summed E-state index contributed by atoms with van der Waals surface area (Å²) in [6.07, 6.45) is 1.28. The van der Waals surface area contributed by atoms with E-state index >= 15 is 0 Å². The Bertz CT molecular complexity index is 297. The van der Waals surface area contributed by atoms with Crippen molar-refractivity contribution in [3.8, 4) is 0 Å². The lowest BCUT2D eigenvalue weighted by Crippen LogP contribution is -2.27. The van der Waals surface area contributed by atoms with Gasteiger partial charge in [-0.3, -0.25) is 0 Å². The molecule has 1 atom stereocenters. The molecule has 1 heterocycles. The molecule has 14 heavy (non-hydrogen) atoms. The van der Waals surface area contributed by atoms with E-state index in [2.05, 4.69) is 23.7 Å². The fraction of sp³-hybridized carbons (Fsp3) is 0.545. The van der Waals surface area contributed by atoms with Crippen molar-refractivity contribution in [2.45, 2.75) is 32.9 Å². The number of aliphatic hydroxyl groups excluding tert-OH is 1. The Balaban J connectivity index is 3.06. The summed E-state index contributed by atoms with van der Waals surface area (Å²) in [5.74, 6) is 0.859. The molecule has 0 aromatic carbocycles. The van der Waals surface area contributed by atoms with Gasteiger partial charge in [0.25, 0.3) is 0 Å². The van der Waals surface area contributed by atoms with Crippen molar-refractivity contribution in [2.24, 2.45) is 0 Å². The third-order valence-electron chi connectivity index (χ3n) is 2.38. The predicted octanol–water partition coefficient (Wildman–Crippen LogP) is 1.98. The highest BCUT2D eigenvalue weighted by Gasteiger charge is 2.13. The van der Waals surface area contributed by atoms with E-state index in [1.807, 2.05) is 19.2 Å². The van der Waals surface area contributed by atoms with E-state index < -0.39 is 6.10 Å². The van der Waals surface area contributed by atoms with E-state index in [4.69, 9.17) is 0 Å². The largest absolute Gasteiger partial charge is 0.389 e. The molecule has 3 heteroatoms. The molecule has 0 aliphatic heterocycles. The van der Waals surface area contributed by atoms with Gasteiger partial charge in [-0.2, -0.15) is 0 Å². The molecular weight excluding hydrogens is 176 g/mol. The Labute approximate surface area is 85.4 Å². The number of rotatable bonds is 3. The summed E-state index contributed by atoms with van der Waals surface area (Å²) in [5.41, 5.74) is 0.878. The topological polar surface area (TPSA) is 36.4 Å². The Kier molecular flexibility index (Phi) is 3.47. The van der Waals surface area contributed by atoms with Gasteiger partial charge in [-0.25, -0.2) is 4.98 Å². The summed E-state index contributed by atoms with van der Waals surface area (Å²) in [5, 5.41) is 9.57. The van der Waals surface area contributed by atoms with Crippen LogP contribution in [0.4, 0.5) is 5.82 Å². The summed E-state index contributed by atoms with van der Waals surface area (Å²) < 4.78 is 0. The lowest BCUT2D eigenvalue weighted by atomic mass is 10.1. The molecule has 3 nitrogen and oxygen atoms in total. The Morgan fingerprint density at radius 2 is 2.00 bits per heavy atom. The highest BCUT2D eigenvalue weighted by Crippen LogP contribution is 2.23. The Morgan fingerprint density at radius 3 is 2.50 bits per heavy atom. The first kappa shape index (κ1) is 11.0. The fourth-order valence-electron chi connectivity index (χ4n) is 1.27. The average molecular weight is 194 g/mol. The van der Waals surface area contributed by atoms with Gasteiger partial charge in [0.1, 0.15) is 5.82 Å². The fourth-order valence-corrected chi connectivity index (χ4v) is 1.27. The smallest absolute Gasteiger partial charge is 0.134 e. The molecule has 1 aromatic heterocycles. The summed E-state index contributed by atoms with van der Waals surface area (Å²) in [6, 6.07) is 4.13. The molecule has 0 bridgehead atoms. The maximum atomic E-state index is 9.57. The molecule has 0 aliphatic rings. The van der Waals surface area contributed by atoms with Crippen LogP contribution >= 0.6 is 0 Å². The lowest BCUT2D eigenvalue weighted by molar-refractivity contribution is 0.199. The second-order valence-electron chi connectivity index (χ2n) is 3.80. The summed E-state index contributed by atoms with van der Waals surface area (Å²) >= 11 is 0. The number of hydrogen-bond donors (Lipinski definition) is 1. The zero-order valence-electron chi connectivity index (χ0n) is 9.23. The lowest BCUT2D eigenvalue weighted by Gasteiger charge is -2.25. The van der Waals surface area contributed by atoms with E-state index in [0.29, 0.717) is 6.04 Å². The third kappa shape index (κ3) is 2.23. The van der Waals surface area contributed by atoms with Gasteiger partial charge in [0.05, 0.1) is 6.10 Å². The van der Waals surface area contributed by atoms with Crippen LogP contribution in [0.5, 0.6) is 0 Å². The minimum Gasteiger partial charge on any atom is -0.389 e. The van der Waals surface area contributed by atoms with Gasteiger partial charge in [-0.15, -0.1) is 0 Å². The second kappa shape index (κ2) is 4.42. The first-order valence-corrected chi connectivity index (χ1v) is 4.90. The molecule has 1 unspecified atom stereocenters. The van der Waals surface area contributed by atoms with Gasteiger partial charge in [-0.05, 0) is 26.8 Å². The van der Waals surface area contributed by atoms with Crippen molar-refractivity contribution >= 4 is 5.82 Å². The van der Waals surface area contributed by atoms with Crippen molar-refractivity contribution < 1.29 is 5.11 Å². The van der Waals surface area contributed by atoms with Crippen LogP contribution in [0, 0.1) is 0 Å². The molecule has 0 amide bonds. The van der Waals surface area contributed by atoms with Crippen molar-refractivity contribution in [3.05, 3.63) is 23.9 Å². The van der Waals surface area contributed by atoms with Crippen LogP contribution in [0.1, 0.15) is 32.4 Å². The summed E-state index contributed by atoms with van der Waals surface area (Å²) in [6.45, 7) is 5.95. The van der Waals surface area contributed by atoms with Crippen molar-refractivity contribution in [1.29, 1.82) is 0 Å². The van der Waals surface area contributed by atoms with Crippen LogP contribution in [0.25, 0.3) is 0 Å². The zero-order valence-corrected chi connectivity index (χ0v) is 9.23. The molecule has 0 fully saturated rings. The molecule has 1 aromatic rings. The van der Waals surface area contributed by atoms with E-state index in [1.54, 1.807) is 13.1 Å². The van der Waals surface area contributed by atoms with Crippen molar-refractivity contribution in [2.75, 3.05) is 11.9 Å². The highest BCUT2D eigenvalue weighted by molar-refractivity contribution is 5.47. The van der Waals surface area contributed by atoms with Crippen LogP contribution in [-0.4, -0.2) is 23.2 Å². The van der Waals surface area contributed by atoms with E-state index in [9.17, 15) is 5.11 Å². The standard InChI is InChI=1S/C11H18N2O/c1-8(2)13(4)11-10(9(3)14)6-5-7-12-11/h5-9,14H,1-4H3. The predicted molar refractivity (Wildman–Crippen MR) is 58.4 cm³/mol. The van der Waals surface area contributed by atoms with Gasteiger partial charge in [0.2, 0.25) is 0 Å². The maximum Gasteiger partial charge on any atom is 0.134 e. The first-order valence-electron chi connectivity index (χ1n) is 4.90. The number of nitrogens with zero attached hydrogens (tertiary/aromatic N) is 2. The van der Waals surface area contributed by atoms with E-state index in [1.165, 1.54) is 0 Å². The van der Waals surface area contributed by atoms with Crippen LogP contribution in [0.3, 0.4) is 0 Å². The number of hydrogen-bond acceptors (Lipinski definition) is 3. The molecule has 0 saturated carbocycles. The van der Waals surface area contributed by atoms with E-state index in [-0.39, 0.29) is 0 Å². The molecule has 0 spiro atoms. The maximum absolute atomic E-state index is 9.57. The van der Waals surface area contributed by atoms with Gasteiger partial charge < -0.3 is 10.0 Å². The first-order chi connectivity index (χ1) is 6.54. The number of aliphatic hydroxyl groups is 1. The number of anilines is 1.